The minimum Gasteiger partial charge on any atom is -0.465 e. The minimum atomic E-state index is -0.329. The molecule has 1 aromatic heterocycles. The number of H-pyrrole nitrogens is 1. The summed E-state index contributed by atoms with van der Waals surface area (Å²) in [4.78, 5) is 19.6. The van der Waals surface area contributed by atoms with Gasteiger partial charge in [0.25, 0.3) is 0 Å². The molecule has 0 saturated heterocycles. The first-order chi connectivity index (χ1) is 8.79. The Morgan fingerprint density at radius 3 is 2.89 bits per heavy atom. The lowest BCUT2D eigenvalue weighted by Gasteiger charge is -2.02. The smallest absolute Gasteiger partial charge is 0.340 e. The van der Waals surface area contributed by atoms with Gasteiger partial charge in [0.05, 0.1) is 18.2 Å². The van der Waals surface area contributed by atoms with Crippen molar-refractivity contribution in [2.24, 2.45) is 0 Å². The number of carbonyl (C=O) groups excluding carboxylic acids is 1. The third-order valence-corrected chi connectivity index (χ3v) is 3.68. The van der Waals surface area contributed by atoms with Gasteiger partial charge < -0.3 is 9.72 Å². The lowest BCUT2D eigenvalue weighted by Crippen LogP contribution is -2.02. The number of rotatable bonds is 2. The molecule has 1 N–H and O–H groups in total. The number of esters is 1. The monoisotopic (exact) mass is 244 g/mol. The van der Waals surface area contributed by atoms with Crippen molar-refractivity contribution in [1.82, 2.24) is 9.97 Å². The van der Waals surface area contributed by atoms with Crippen LogP contribution in [0.5, 0.6) is 0 Å². The van der Waals surface area contributed by atoms with E-state index >= 15 is 0 Å². The molecule has 18 heavy (non-hydrogen) atoms. The third-order valence-electron chi connectivity index (χ3n) is 3.68. The maximum Gasteiger partial charge on any atom is 0.340 e. The lowest BCUT2D eigenvalue weighted by atomic mass is 10.1. The molecular formula is C14H16N2O2. The summed E-state index contributed by atoms with van der Waals surface area (Å²) in [5.41, 5.74) is 2.18. The number of para-hydroxylation sites is 1. The highest BCUT2D eigenvalue weighted by atomic mass is 16.5. The van der Waals surface area contributed by atoms with E-state index in [9.17, 15) is 4.79 Å². The van der Waals surface area contributed by atoms with Crippen molar-refractivity contribution in [3.05, 3.63) is 29.6 Å². The first kappa shape index (κ1) is 11.3. The highest BCUT2D eigenvalue weighted by Gasteiger charge is 2.22. The summed E-state index contributed by atoms with van der Waals surface area (Å²) in [6, 6.07) is 5.56. The minimum absolute atomic E-state index is 0.329. The molecule has 0 spiro atoms. The van der Waals surface area contributed by atoms with E-state index in [-0.39, 0.29) is 5.97 Å². The molecule has 1 aliphatic rings. The Kier molecular flexibility index (Phi) is 2.78. The summed E-state index contributed by atoms with van der Waals surface area (Å²) < 4.78 is 4.79. The quantitative estimate of drug-likeness (QED) is 0.826. The molecule has 0 amide bonds. The van der Waals surface area contributed by atoms with E-state index < -0.39 is 0 Å². The highest BCUT2D eigenvalue weighted by molar-refractivity contribution is 6.01. The van der Waals surface area contributed by atoms with Crippen LogP contribution in [0, 0.1) is 0 Å². The van der Waals surface area contributed by atoms with E-state index in [0.29, 0.717) is 11.5 Å². The number of nitrogens with zero attached hydrogens (tertiary/aromatic N) is 1. The predicted octanol–water partition coefficient (Wildman–Crippen LogP) is 3.01. The molecule has 0 radical (unpaired) electrons. The maximum absolute atomic E-state index is 11.7. The Hall–Kier alpha value is -1.84. The summed E-state index contributed by atoms with van der Waals surface area (Å²) in [5, 5.41) is 0. The molecule has 0 unspecified atom stereocenters. The van der Waals surface area contributed by atoms with Crippen molar-refractivity contribution < 1.29 is 9.53 Å². The highest BCUT2D eigenvalue weighted by Crippen LogP contribution is 2.33. The second-order valence-corrected chi connectivity index (χ2v) is 4.80. The van der Waals surface area contributed by atoms with E-state index in [4.69, 9.17) is 4.74 Å². The fraction of sp³-hybridized carbons (Fsp3) is 0.429. The average Bonchev–Trinajstić information content (AvgIpc) is 3.04. The van der Waals surface area contributed by atoms with Gasteiger partial charge in [-0.05, 0) is 25.0 Å². The Bertz CT molecular complexity index is 582. The van der Waals surface area contributed by atoms with Crippen LogP contribution in [0.25, 0.3) is 11.0 Å². The number of carbonyl (C=O) groups is 1. The second kappa shape index (κ2) is 4.44. The van der Waals surface area contributed by atoms with Gasteiger partial charge in [0, 0.05) is 5.92 Å². The van der Waals surface area contributed by atoms with E-state index in [1.165, 1.54) is 32.8 Å². The zero-order valence-corrected chi connectivity index (χ0v) is 10.4. The number of benzene rings is 1. The van der Waals surface area contributed by atoms with Crippen molar-refractivity contribution in [3.8, 4) is 0 Å². The molecule has 94 valence electrons. The number of fused-ring (bicyclic) bond motifs is 1. The van der Waals surface area contributed by atoms with Crippen molar-refractivity contribution >= 4 is 17.0 Å². The summed E-state index contributed by atoms with van der Waals surface area (Å²) in [5.74, 6) is 1.20. The van der Waals surface area contributed by atoms with Gasteiger partial charge in [-0.2, -0.15) is 0 Å². The fourth-order valence-electron chi connectivity index (χ4n) is 2.72. The van der Waals surface area contributed by atoms with Crippen LogP contribution >= 0.6 is 0 Å². The number of ether oxygens (including phenoxy) is 1. The number of aromatic nitrogens is 2. The molecule has 4 nitrogen and oxygen atoms in total. The van der Waals surface area contributed by atoms with Gasteiger partial charge in [0.1, 0.15) is 11.3 Å². The number of imidazole rings is 1. The molecule has 1 aromatic carbocycles. The van der Waals surface area contributed by atoms with Crippen molar-refractivity contribution in [3.63, 3.8) is 0 Å². The molecule has 2 aromatic rings. The molecule has 1 fully saturated rings. The van der Waals surface area contributed by atoms with Crippen LogP contribution in [0.4, 0.5) is 0 Å². The molecule has 0 atom stereocenters. The summed E-state index contributed by atoms with van der Waals surface area (Å²) in [6.45, 7) is 0. The molecule has 1 saturated carbocycles. The second-order valence-electron chi connectivity index (χ2n) is 4.80. The number of methoxy groups -OCH3 is 1. The summed E-state index contributed by atoms with van der Waals surface area (Å²) in [7, 11) is 1.39. The van der Waals surface area contributed by atoms with Gasteiger partial charge in [0.15, 0.2) is 0 Å². The topological polar surface area (TPSA) is 55.0 Å². The van der Waals surface area contributed by atoms with Crippen LogP contribution in [0.3, 0.4) is 0 Å². The normalized spacial score (nSPS) is 16.3. The van der Waals surface area contributed by atoms with E-state index in [2.05, 4.69) is 9.97 Å². The van der Waals surface area contributed by atoms with E-state index in [0.717, 1.165) is 16.9 Å². The SMILES string of the molecule is COC(=O)c1cccc2[nH]c(C3CCCC3)nc12. The number of nitrogens with one attached hydrogen (secondary N) is 1. The van der Waals surface area contributed by atoms with Crippen LogP contribution in [0.2, 0.25) is 0 Å². The fourth-order valence-corrected chi connectivity index (χ4v) is 2.72. The zero-order valence-electron chi connectivity index (χ0n) is 10.4. The molecule has 0 aliphatic heterocycles. The van der Waals surface area contributed by atoms with Crippen molar-refractivity contribution in [1.29, 1.82) is 0 Å². The standard InChI is InChI=1S/C14H16N2O2/c1-18-14(17)10-7-4-8-11-12(10)16-13(15-11)9-5-2-3-6-9/h4,7-9H,2-3,5-6H2,1H3,(H,15,16). The maximum atomic E-state index is 11.7. The largest absolute Gasteiger partial charge is 0.465 e. The molecule has 4 heteroatoms. The third kappa shape index (κ3) is 1.78. The average molecular weight is 244 g/mol. The molecule has 0 bridgehead atoms. The number of aromatic amines is 1. The number of hydrogen-bond donors (Lipinski definition) is 1. The van der Waals surface area contributed by atoms with Gasteiger partial charge in [-0.15, -0.1) is 0 Å². The Balaban J connectivity index is 2.08. The van der Waals surface area contributed by atoms with Crippen molar-refractivity contribution in [2.45, 2.75) is 31.6 Å². The Labute approximate surface area is 105 Å². The van der Waals surface area contributed by atoms with Gasteiger partial charge in [-0.1, -0.05) is 18.9 Å². The van der Waals surface area contributed by atoms with Crippen LogP contribution in [0.15, 0.2) is 18.2 Å². The number of hydrogen-bond acceptors (Lipinski definition) is 3. The first-order valence-electron chi connectivity index (χ1n) is 6.36. The Morgan fingerprint density at radius 2 is 2.17 bits per heavy atom. The van der Waals surface area contributed by atoms with E-state index in [1.807, 2.05) is 12.1 Å². The van der Waals surface area contributed by atoms with Crippen LogP contribution in [0.1, 0.15) is 47.8 Å². The molecule has 1 aliphatic carbocycles. The summed E-state index contributed by atoms with van der Waals surface area (Å²) >= 11 is 0. The zero-order chi connectivity index (χ0) is 12.5. The summed E-state index contributed by atoms with van der Waals surface area (Å²) in [6.07, 6.45) is 4.91. The van der Waals surface area contributed by atoms with Gasteiger partial charge in [-0.25, -0.2) is 9.78 Å². The van der Waals surface area contributed by atoms with Crippen LogP contribution in [-0.2, 0) is 4.74 Å². The predicted molar refractivity (Wildman–Crippen MR) is 68.6 cm³/mol. The molecular weight excluding hydrogens is 228 g/mol. The van der Waals surface area contributed by atoms with Gasteiger partial charge in [-0.3, -0.25) is 0 Å². The lowest BCUT2D eigenvalue weighted by molar-refractivity contribution is 0.0603. The first-order valence-corrected chi connectivity index (χ1v) is 6.36. The van der Waals surface area contributed by atoms with Crippen LogP contribution < -0.4 is 0 Å². The van der Waals surface area contributed by atoms with Crippen LogP contribution in [-0.4, -0.2) is 23.0 Å². The van der Waals surface area contributed by atoms with Crippen molar-refractivity contribution in [2.75, 3.05) is 7.11 Å². The molecule has 1 heterocycles. The Morgan fingerprint density at radius 1 is 1.39 bits per heavy atom. The van der Waals surface area contributed by atoms with Gasteiger partial charge in [0.2, 0.25) is 0 Å². The molecule has 3 rings (SSSR count). The van der Waals surface area contributed by atoms with E-state index in [1.54, 1.807) is 6.07 Å². The van der Waals surface area contributed by atoms with Gasteiger partial charge >= 0.3 is 5.97 Å².